The second-order valence-electron chi connectivity index (χ2n) is 2.87. The molecule has 1 aromatic rings. The molecule has 72 valence electrons. The van der Waals surface area contributed by atoms with Crippen molar-refractivity contribution in [2.24, 2.45) is 0 Å². The quantitative estimate of drug-likeness (QED) is 0.714. The number of aromatic nitrogens is 2. The van der Waals surface area contributed by atoms with Gasteiger partial charge in [-0.05, 0) is 13.8 Å². The lowest BCUT2D eigenvalue weighted by molar-refractivity contribution is -0.114. The Kier molecular flexibility index (Phi) is 2.77. The SMILES string of the molecule is CC(=O)Nc1c(C)nc(C)nc1C#N. The molecule has 5 nitrogen and oxygen atoms in total. The summed E-state index contributed by atoms with van der Waals surface area (Å²) in [7, 11) is 0. The van der Waals surface area contributed by atoms with Crippen molar-refractivity contribution in [1.82, 2.24) is 9.97 Å². The van der Waals surface area contributed by atoms with Gasteiger partial charge in [-0.2, -0.15) is 5.26 Å². The van der Waals surface area contributed by atoms with E-state index in [-0.39, 0.29) is 11.6 Å². The molecular weight excluding hydrogens is 180 g/mol. The van der Waals surface area contributed by atoms with Crippen LogP contribution in [0.1, 0.15) is 24.1 Å². The van der Waals surface area contributed by atoms with E-state index < -0.39 is 0 Å². The predicted octanol–water partition coefficient (Wildman–Crippen LogP) is 0.924. The zero-order valence-corrected chi connectivity index (χ0v) is 8.25. The fourth-order valence-electron chi connectivity index (χ4n) is 1.12. The average Bonchev–Trinajstić information content (AvgIpc) is 2.08. The van der Waals surface area contributed by atoms with Crippen molar-refractivity contribution in [2.75, 3.05) is 5.32 Å². The number of aryl methyl sites for hydroxylation is 2. The largest absolute Gasteiger partial charge is 0.322 e. The predicted molar refractivity (Wildman–Crippen MR) is 50.5 cm³/mol. The maximum absolute atomic E-state index is 10.8. The molecule has 0 fully saturated rings. The summed E-state index contributed by atoms with van der Waals surface area (Å²) in [5.41, 5.74) is 1.19. The minimum absolute atomic E-state index is 0.199. The highest BCUT2D eigenvalue weighted by Crippen LogP contribution is 2.16. The standard InChI is InChI=1S/C9H10N4O/c1-5-9(13-7(3)14)8(4-10)12-6(2)11-5/h1-3H3,(H,13,14). The van der Waals surface area contributed by atoms with E-state index in [0.29, 0.717) is 17.2 Å². The molecule has 1 amide bonds. The number of carbonyl (C=O) groups is 1. The highest BCUT2D eigenvalue weighted by atomic mass is 16.1. The molecule has 0 aliphatic carbocycles. The first-order chi connectivity index (χ1) is 6.54. The molecule has 0 bridgehead atoms. The normalized spacial score (nSPS) is 9.29. The Morgan fingerprint density at radius 1 is 1.43 bits per heavy atom. The zero-order chi connectivity index (χ0) is 10.7. The maximum Gasteiger partial charge on any atom is 0.221 e. The molecule has 0 saturated heterocycles. The van der Waals surface area contributed by atoms with Crippen molar-refractivity contribution in [3.8, 4) is 6.07 Å². The van der Waals surface area contributed by atoms with Crippen LogP contribution in [0, 0.1) is 25.2 Å². The van der Waals surface area contributed by atoms with E-state index in [1.807, 2.05) is 6.07 Å². The van der Waals surface area contributed by atoms with Crippen LogP contribution in [0.25, 0.3) is 0 Å². The molecule has 14 heavy (non-hydrogen) atoms. The van der Waals surface area contributed by atoms with E-state index >= 15 is 0 Å². The van der Waals surface area contributed by atoms with E-state index in [0.717, 1.165) is 0 Å². The number of hydrogen-bond acceptors (Lipinski definition) is 4. The minimum Gasteiger partial charge on any atom is -0.322 e. The number of hydrogen-bond donors (Lipinski definition) is 1. The van der Waals surface area contributed by atoms with Gasteiger partial charge in [0.2, 0.25) is 5.91 Å². The van der Waals surface area contributed by atoms with E-state index in [9.17, 15) is 4.79 Å². The topological polar surface area (TPSA) is 78.7 Å². The van der Waals surface area contributed by atoms with Gasteiger partial charge in [-0.25, -0.2) is 9.97 Å². The van der Waals surface area contributed by atoms with Gasteiger partial charge in [0.05, 0.1) is 11.4 Å². The van der Waals surface area contributed by atoms with Crippen LogP contribution < -0.4 is 5.32 Å². The summed E-state index contributed by atoms with van der Waals surface area (Å²) in [4.78, 5) is 18.8. The van der Waals surface area contributed by atoms with Crippen LogP contribution in [0.3, 0.4) is 0 Å². The summed E-state index contributed by atoms with van der Waals surface area (Å²) < 4.78 is 0. The van der Waals surface area contributed by atoms with E-state index in [2.05, 4.69) is 15.3 Å². The van der Waals surface area contributed by atoms with E-state index in [1.54, 1.807) is 13.8 Å². The van der Waals surface area contributed by atoms with Gasteiger partial charge in [-0.3, -0.25) is 4.79 Å². The summed E-state index contributed by atoms with van der Waals surface area (Å²) in [6.07, 6.45) is 0. The molecule has 1 N–H and O–H groups in total. The van der Waals surface area contributed by atoms with Crippen LogP contribution in [-0.4, -0.2) is 15.9 Å². The molecule has 0 unspecified atom stereocenters. The van der Waals surface area contributed by atoms with Crippen molar-refractivity contribution < 1.29 is 4.79 Å². The Labute approximate surface area is 81.8 Å². The van der Waals surface area contributed by atoms with Crippen molar-refractivity contribution in [3.05, 3.63) is 17.2 Å². The number of anilines is 1. The minimum atomic E-state index is -0.239. The lowest BCUT2D eigenvalue weighted by Gasteiger charge is -2.07. The third-order valence-electron chi connectivity index (χ3n) is 1.61. The number of nitrogens with one attached hydrogen (secondary N) is 1. The fourth-order valence-corrected chi connectivity index (χ4v) is 1.12. The molecule has 0 aliphatic rings. The Bertz CT molecular complexity index is 420. The Morgan fingerprint density at radius 2 is 2.07 bits per heavy atom. The summed E-state index contributed by atoms with van der Waals surface area (Å²) in [6.45, 7) is 4.80. The van der Waals surface area contributed by atoms with Crippen molar-refractivity contribution >= 4 is 11.6 Å². The number of nitrogens with zero attached hydrogens (tertiary/aromatic N) is 3. The van der Waals surface area contributed by atoms with Crippen LogP contribution in [0.15, 0.2) is 0 Å². The van der Waals surface area contributed by atoms with Gasteiger partial charge in [0, 0.05) is 6.92 Å². The van der Waals surface area contributed by atoms with E-state index in [4.69, 9.17) is 5.26 Å². The summed E-state index contributed by atoms with van der Waals surface area (Å²) in [5, 5.41) is 11.3. The Balaban J connectivity index is 3.27. The second-order valence-corrected chi connectivity index (χ2v) is 2.87. The first-order valence-corrected chi connectivity index (χ1v) is 4.07. The third-order valence-corrected chi connectivity index (χ3v) is 1.61. The van der Waals surface area contributed by atoms with Crippen LogP contribution in [0.5, 0.6) is 0 Å². The zero-order valence-electron chi connectivity index (χ0n) is 8.25. The summed E-state index contributed by atoms with van der Waals surface area (Å²) >= 11 is 0. The third kappa shape index (κ3) is 2.04. The summed E-state index contributed by atoms with van der Waals surface area (Å²) in [5.74, 6) is 0.283. The highest BCUT2D eigenvalue weighted by Gasteiger charge is 2.10. The van der Waals surface area contributed by atoms with Crippen LogP contribution >= 0.6 is 0 Å². The van der Waals surface area contributed by atoms with Gasteiger partial charge < -0.3 is 5.32 Å². The average molecular weight is 190 g/mol. The molecule has 1 rings (SSSR count). The van der Waals surface area contributed by atoms with Crippen LogP contribution in [-0.2, 0) is 4.79 Å². The first-order valence-electron chi connectivity index (χ1n) is 4.07. The number of carbonyl (C=O) groups excluding carboxylic acids is 1. The smallest absolute Gasteiger partial charge is 0.221 e. The van der Waals surface area contributed by atoms with Crippen LogP contribution in [0.2, 0.25) is 0 Å². The van der Waals surface area contributed by atoms with Gasteiger partial charge in [-0.15, -0.1) is 0 Å². The van der Waals surface area contributed by atoms with Crippen molar-refractivity contribution in [1.29, 1.82) is 5.26 Å². The molecule has 0 aromatic carbocycles. The molecule has 0 saturated carbocycles. The number of nitriles is 1. The van der Waals surface area contributed by atoms with Gasteiger partial charge >= 0.3 is 0 Å². The monoisotopic (exact) mass is 190 g/mol. The van der Waals surface area contributed by atoms with E-state index in [1.165, 1.54) is 6.92 Å². The lowest BCUT2D eigenvalue weighted by atomic mass is 10.2. The van der Waals surface area contributed by atoms with Crippen molar-refractivity contribution in [2.45, 2.75) is 20.8 Å². The van der Waals surface area contributed by atoms with Crippen LogP contribution in [0.4, 0.5) is 5.69 Å². The van der Waals surface area contributed by atoms with Gasteiger partial charge in [0.15, 0.2) is 5.69 Å². The molecule has 0 spiro atoms. The molecule has 1 aromatic heterocycles. The first kappa shape index (κ1) is 10.1. The number of amides is 1. The second kappa shape index (κ2) is 3.83. The molecule has 5 heteroatoms. The fraction of sp³-hybridized carbons (Fsp3) is 0.333. The van der Waals surface area contributed by atoms with Gasteiger partial charge in [0.25, 0.3) is 0 Å². The maximum atomic E-state index is 10.8. The van der Waals surface area contributed by atoms with Crippen molar-refractivity contribution in [3.63, 3.8) is 0 Å². The molecule has 1 heterocycles. The Hall–Kier alpha value is -1.96. The summed E-state index contributed by atoms with van der Waals surface area (Å²) in [6, 6.07) is 1.92. The van der Waals surface area contributed by atoms with Gasteiger partial charge in [0.1, 0.15) is 11.9 Å². The number of rotatable bonds is 1. The molecule has 0 aliphatic heterocycles. The molecule has 0 radical (unpaired) electrons. The molecule has 0 atom stereocenters. The molecular formula is C9H10N4O. The van der Waals surface area contributed by atoms with Gasteiger partial charge in [-0.1, -0.05) is 0 Å². The lowest BCUT2D eigenvalue weighted by Crippen LogP contribution is -2.11. The Morgan fingerprint density at radius 3 is 2.57 bits per heavy atom. The highest BCUT2D eigenvalue weighted by molar-refractivity contribution is 5.90.